The van der Waals surface area contributed by atoms with Gasteiger partial charge in [-0.25, -0.2) is 4.72 Å². The Labute approximate surface area is 133 Å². The minimum Gasteiger partial charge on any atom is -0.202 e. The van der Waals surface area contributed by atoms with E-state index in [2.05, 4.69) is 16.9 Å². The van der Waals surface area contributed by atoms with Crippen molar-refractivity contribution in [2.24, 2.45) is 0 Å². The van der Waals surface area contributed by atoms with Gasteiger partial charge in [-0.2, -0.15) is 12.7 Å². The van der Waals surface area contributed by atoms with Crippen LogP contribution in [0, 0.1) is 0 Å². The molecule has 5 heteroatoms. The first-order valence-corrected chi connectivity index (χ1v) is 8.69. The second-order valence-electron chi connectivity index (χ2n) is 5.43. The van der Waals surface area contributed by atoms with Crippen molar-refractivity contribution in [3.05, 3.63) is 71.8 Å². The Morgan fingerprint density at radius 2 is 1.50 bits per heavy atom. The van der Waals surface area contributed by atoms with Gasteiger partial charge in [0.15, 0.2) is 0 Å². The van der Waals surface area contributed by atoms with Crippen molar-refractivity contribution in [2.45, 2.75) is 12.3 Å². The molecule has 0 bridgehead atoms. The molecular weight excluding hydrogens is 296 g/mol. The smallest absolute Gasteiger partial charge is 0.202 e. The Balaban J connectivity index is 2.16. The van der Waals surface area contributed by atoms with Gasteiger partial charge in [-0.1, -0.05) is 60.7 Å². The van der Waals surface area contributed by atoms with Gasteiger partial charge in [-0.05, 0) is 17.5 Å². The summed E-state index contributed by atoms with van der Waals surface area (Å²) in [4.78, 5) is 0. The summed E-state index contributed by atoms with van der Waals surface area (Å²) < 4.78 is 27.7. The van der Waals surface area contributed by atoms with Gasteiger partial charge in [0.05, 0.1) is 0 Å². The number of nitrogens with zero attached hydrogens (tertiary/aromatic N) is 1. The highest BCUT2D eigenvalue weighted by molar-refractivity contribution is 7.87. The van der Waals surface area contributed by atoms with E-state index in [1.54, 1.807) is 0 Å². The SMILES string of the molecule is CN(C)S(=O)(=O)NCC(Cc1ccccc1)c1ccccc1. The zero-order valence-corrected chi connectivity index (χ0v) is 13.8. The third-order valence-corrected chi connectivity index (χ3v) is 5.08. The summed E-state index contributed by atoms with van der Waals surface area (Å²) in [7, 11) is -0.360. The quantitative estimate of drug-likeness (QED) is 0.852. The molecule has 22 heavy (non-hydrogen) atoms. The molecule has 2 aromatic rings. The Bertz CT molecular complexity index is 670. The van der Waals surface area contributed by atoms with Crippen molar-refractivity contribution >= 4 is 10.2 Å². The summed E-state index contributed by atoms with van der Waals surface area (Å²) in [6, 6.07) is 20.1. The van der Waals surface area contributed by atoms with Crippen LogP contribution in [0.5, 0.6) is 0 Å². The van der Waals surface area contributed by atoms with Gasteiger partial charge >= 0.3 is 0 Å². The van der Waals surface area contributed by atoms with E-state index in [9.17, 15) is 8.42 Å². The fraction of sp³-hybridized carbons (Fsp3) is 0.294. The Hall–Kier alpha value is -1.69. The highest BCUT2D eigenvalue weighted by Gasteiger charge is 2.18. The zero-order chi connectivity index (χ0) is 16.0. The lowest BCUT2D eigenvalue weighted by atomic mass is 9.92. The Morgan fingerprint density at radius 1 is 0.955 bits per heavy atom. The molecule has 1 atom stereocenters. The summed E-state index contributed by atoms with van der Waals surface area (Å²) in [5, 5.41) is 0. The standard InChI is InChI=1S/C17H22N2O2S/c1-19(2)22(20,21)18-14-17(16-11-7-4-8-12-16)13-15-9-5-3-6-10-15/h3-12,17-18H,13-14H2,1-2H3. The molecule has 0 fully saturated rings. The molecule has 4 nitrogen and oxygen atoms in total. The molecule has 0 aromatic heterocycles. The largest absolute Gasteiger partial charge is 0.278 e. The first kappa shape index (κ1) is 16.7. The van der Waals surface area contributed by atoms with Gasteiger partial charge in [0.1, 0.15) is 0 Å². The van der Waals surface area contributed by atoms with Crippen LogP contribution in [-0.2, 0) is 16.6 Å². The highest BCUT2D eigenvalue weighted by Crippen LogP contribution is 2.20. The van der Waals surface area contributed by atoms with Crippen LogP contribution in [0.1, 0.15) is 17.0 Å². The van der Waals surface area contributed by atoms with Crippen LogP contribution in [0.25, 0.3) is 0 Å². The minimum absolute atomic E-state index is 0.0957. The third-order valence-electron chi connectivity index (χ3n) is 3.59. The summed E-state index contributed by atoms with van der Waals surface area (Å²) in [5.74, 6) is 0.0957. The van der Waals surface area contributed by atoms with Gasteiger partial charge in [0.25, 0.3) is 10.2 Å². The Kier molecular flexibility index (Phi) is 5.71. The first-order chi connectivity index (χ1) is 10.5. The van der Waals surface area contributed by atoms with Gasteiger partial charge < -0.3 is 0 Å². The Morgan fingerprint density at radius 3 is 2.05 bits per heavy atom. The maximum Gasteiger partial charge on any atom is 0.278 e. The fourth-order valence-electron chi connectivity index (χ4n) is 2.27. The summed E-state index contributed by atoms with van der Waals surface area (Å²) >= 11 is 0. The molecule has 118 valence electrons. The third kappa shape index (κ3) is 4.66. The van der Waals surface area contributed by atoms with Crippen LogP contribution in [-0.4, -0.2) is 33.4 Å². The summed E-state index contributed by atoms with van der Waals surface area (Å²) in [6.45, 7) is 0.374. The zero-order valence-electron chi connectivity index (χ0n) is 12.9. The van der Waals surface area contributed by atoms with E-state index in [1.807, 2.05) is 48.5 Å². The summed E-state index contributed by atoms with van der Waals surface area (Å²) in [6.07, 6.45) is 0.792. The van der Waals surface area contributed by atoms with E-state index >= 15 is 0 Å². The van der Waals surface area contributed by atoms with Crippen molar-refractivity contribution in [1.82, 2.24) is 9.03 Å². The molecule has 1 unspecified atom stereocenters. The number of hydrogen-bond acceptors (Lipinski definition) is 2. The second kappa shape index (κ2) is 7.54. The van der Waals surface area contributed by atoms with Crippen molar-refractivity contribution in [3.63, 3.8) is 0 Å². The van der Waals surface area contributed by atoms with Crippen LogP contribution < -0.4 is 4.72 Å². The van der Waals surface area contributed by atoms with Crippen LogP contribution in [0.2, 0.25) is 0 Å². The maximum atomic E-state index is 11.9. The minimum atomic E-state index is -3.41. The van der Waals surface area contributed by atoms with Gasteiger partial charge in [0, 0.05) is 26.6 Å². The number of benzene rings is 2. The highest BCUT2D eigenvalue weighted by atomic mass is 32.2. The molecule has 0 aliphatic carbocycles. The number of nitrogens with one attached hydrogen (secondary N) is 1. The van der Waals surface area contributed by atoms with E-state index in [0.717, 1.165) is 12.0 Å². The van der Waals surface area contributed by atoms with E-state index in [1.165, 1.54) is 24.0 Å². The maximum absolute atomic E-state index is 11.9. The molecule has 0 aliphatic rings. The molecule has 0 heterocycles. The molecule has 1 N–H and O–H groups in total. The van der Waals surface area contributed by atoms with Gasteiger partial charge in [-0.3, -0.25) is 0 Å². The number of rotatable bonds is 7. The van der Waals surface area contributed by atoms with Crippen molar-refractivity contribution in [2.75, 3.05) is 20.6 Å². The predicted octanol–water partition coefficient (Wildman–Crippen LogP) is 2.41. The van der Waals surface area contributed by atoms with Crippen molar-refractivity contribution in [3.8, 4) is 0 Å². The fourth-order valence-corrected chi connectivity index (χ4v) is 2.94. The van der Waals surface area contributed by atoms with Gasteiger partial charge in [-0.15, -0.1) is 0 Å². The topological polar surface area (TPSA) is 49.4 Å². The molecule has 0 saturated carbocycles. The van der Waals surface area contributed by atoms with Crippen LogP contribution >= 0.6 is 0 Å². The molecule has 2 rings (SSSR count). The molecule has 2 aromatic carbocycles. The summed E-state index contributed by atoms with van der Waals surface area (Å²) in [5.41, 5.74) is 2.33. The molecule has 0 saturated heterocycles. The average molecular weight is 318 g/mol. The van der Waals surface area contributed by atoms with Crippen molar-refractivity contribution in [1.29, 1.82) is 0 Å². The monoisotopic (exact) mass is 318 g/mol. The lowest BCUT2D eigenvalue weighted by Crippen LogP contribution is -2.38. The lowest BCUT2D eigenvalue weighted by molar-refractivity contribution is 0.499. The predicted molar refractivity (Wildman–Crippen MR) is 89.9 cm³/mol. The molecule has 0 radical (unpaired) electrons. The first-order valence-electron chi connectivity index (χ1n) is 7.25. The molecule has 0 aliphatic heterocycles. The van der Waals surface area contributed by atoms with Crippen LogP contribution in [0.4, 0.5) is 0 Å². The normalized spacial score (nSPS) is 13.2. The van der Waals surface area contributed by atoms with Crippen LogP contribution in [0.15, 0.2) is 60.7 Å². The van der Waals surface area contributed by atoms with Crippen molar-refractivity contribution < 1.29 is 8.42 Å². The van der Waals surface area contributed by atoms with E-state index in [0.29, 0.717) is 6.54 Å². The lowest BCUT2D eigenvalue weighted by Gasteiger charge is -2.20. The van der Waals surface area contributed by atoms with E-state index in [4.69, 9.17) is 0 Å². The average Bonchev–Trinajstić information content (AvgIpc) is 2.53. The van der Waals surface area contributed by atoms with Crippen LogP contribution in [0.3, 0.4) is 0 Å². The van der Waals surface area contributed by atoms with Gasteiger partial charge in [0.2, 0.25) is 0 Å². The number of hydrogen-bond donors (Lipinski definition) is 1. The molecule has 0 spiro atoms. The molecular formula is C17H22N2O2S. The van der Waals surface area contributed by atoms with E-state index < -0.39 is 10.2 Å². The van der Waals surface area contributed by atoms with E-state index in [-0.39, 0.29) is 5.92 Å². The molecule has 0 amide bonds. The second-order valence-corrected chi connectivity index (χ2v) is 7.40.